The third-order valence-electron chi connectivity index (χ3n) is 5.18. The monoisotopic (exact) mass is 355 g/mol. The number of carboxylic acids is 1. The van der Waals surface area contributed by atoms with E-state index in [1.54, 1.807) is 4.90 Å². The van der Waals surface area contributed by atoms with Gasteiger partial charge in [-0.2, -0.15) is 0 Å². The van der Waals surface area contributed by atoms with Crippen LogP contribution < -0.4 is 0 Å². The highest BCUT2D eigenvalue weighted by Gasteiger charge is 2.48. The second-order valence-electron chi connectivity index (χ2n) is 6.72. The Hall–Kier alpha value is -2.33. The Bertz CT molecular complexity index is 850. The van der Waals surface area contributed by atoms with E-state index in [0.29, 0.717) is 18.0 Å². The smallest absolute Gasteiger partial charge is 0.331 e. The number of amides is 1. The third kappa shape index (κ3) is 2.91. The number of carboxylic acid groups (broad SMARTS) is 1. The number of nitrogens with zero attached hydrogens (tertiary/aromatic N) is 1. The van der Waals surface area contributed by atoms with Gasteiger partial charge >= 0.3 is 5.97 Å². The van der Waals surface area contributed by atoms with Crippen LogP contribution in [0.4, 0.5) is 0 Å². The van der Waals surface area contributed by atoms with E-state index in [1.165, 1.54) is 0 Å². The first-order valence-electron chi connectivity index (χ1n) is 8.43. The van der Waals surface area contributed by atoms with Gasteiger partial charge in [-0.15, -0.1) is 0 Å². The number of fused-ring (bicyclic) bond motifs is 1. The summed E-state index contributed by atoms with van der Waals surface area (Å²) in [6.07, 6.45) is 1.45. The predicted octanol–water partition coefficient (Wildman–Crippen LogP) is 3.65. The Morgan fingerprint density at radius 2 is 1.92 bits per heavy atom. The quantitative estimate of drug-likeness (QED) is 0.914. The second kappa shape index (κ2) is 6.19. The van der Waals surface area contributed by atoms with Crippen LogP contribution in [0.2, 0.25) is 5.02 Å². The number of hydrogen-bond acceptors (Lipinski definition) is 2. The first kappa shape index (κ1) is 16.2. The summed E-state index contributed by atoms with van der Waals surface area (Å²) in [5.41, 5.74) is 2.80. The van der Waals surface area contributed by atoms with E-state index in [4.69, 9.17) is 11.6 Å². The molecule has 5 heteroatoms. The van der Waals surface area contributed by atoms with E-state index in [1.807, 2.05) is 48.5 Å². The molecule has 4 nitrogen and oxygen atoms in total. The lowest BCUT2D eigenvalue weighted by atomic mass is 9.92. The first-order valence-corrected chi connectivity index (χ1v) is 8.80. The van der Waals surface area contributed by atoms with Crippen molar-refractivity contribution in [2.75, 3.05) is 6.54 Å². The molecule has 1 fully saturated rings. The minimum absolute atomic E-state index is 0.0631. The van der Waals surface area contributed by atoms with Gasteiger partial charge in [0, 0.05) is 17.5 Å². The second-order valence-corrected chi connectivity index (χ2v) is 7.16. The van der Waals surface area contributed by atoms with Crippen LogP contribution in [0.1, 0.15) is 35.1 Å². The molecule has 25 heavy (non-hydrogen) atoms. The Labute approximate surface area is 151 Å². The molecule has 0 bridgehead atoms. The zero-order valence-corrected chi connectivity index (χ0v) is 14.3. The SMILES string of the molecule is O=C(O)C1c2ccccc2CCN1C(=O)C1CC1c1cccc(Cl)c1. The Balaban J connectivity index is 1.58. The van der Waals surface area contributed by atoms with Gasteiger partial charge < -0.3 is 10.0 Å². The molecule has 128 valence electrons. The summed E-state index contributed by atoms with van der Waals surface area (Å²) in [6, 6.07) is 14.2. The average molecular weight is 356 g/mol. The molecule has 0 aromatic heterocycles. The fraction of sp³-hybridized carbons (Fsp3) is 0.300. The Kier molecular flexibility index (Phi) is 4.00. The summed E-state index contributed by atoms with van der Waals surface area (Å²) in [6.45, 7) is 0.450. The molecule has 2 aliphatic rings. The highest BCUT2D eigenvalue weighted by atomic mass is 35.5. The van der Waals surface area contributed by atoms with E-state index in [-0.39, 0.29) is 17.7 Å². The molecule has 2 aromatic rings. The normalized spacial score (nSPS) is 24.5. The fourth-order valence-electron chi connectivity index (χ4n) is 3.86. The van der Waals surface area contributed by atoms with Crippen LogP contribution in [0.3, 0.4) is 0 Å². The maximum absolute atomic E-state index is 13.0. The summed E-state index contributed by atoms with van der Waals surface area (Å²) in [5.74, 6) is -1.05. The van der Waals surface area contributed by atoms with Crippen molar-refractivity contribution in [2.24, 2.45) is 5.92 Å². The van der Waals surface area contributed by atoms with Gasteiger partial charge in [0.05, 0.1) is 0 Å². The molecule has 1 saturated carbocycles. The van der Waals surface area contributed by atoms with Crippen LogP contribution in [0.15, 0.2) is 48.5 Å². The highest BCUT2D eigenvalue weighted by Crippen LogP contribution is 2.50. The van der Waals surface area contributed by atoms with Crippen molar-refractivity contribution >= 4 is 23.5 Å². The van der Waals surface area contributed by atoms with Crippen LogP contribution in [-0.4, -0.2) is 28.4 Å². The zero-order chi connectivity index (χ0) is 17.6. The number of hydrogen-bond donors (Lipinski definition) is 1. The number of benzene rings is 2. The third-order valence-corrected chi connectivity index (χ3v) is 5.42. The van der Waals surface area contributed by atoms with Gasteiger partial charge in [-0.05, 0) is 47.6 Å². The molecule has 3 unspecified atom stereocenters. The summed E-state index contributed by atoms with van der Waals surface area (Å²) >= 11 is 6.04. The fourth-order valence-corrected chi connectivity index (χ4v) is 4.06. The van der Waals surface area contributed by atoms with Gasteiger partial charge in [0.15, 0.2) is 6.04 Å². The number of carbonyl (C=O) groups excluding carboxylic acids is 1. The maximum Gasteiger partial charge on any atom is 0.331 e. The van der Waals surface area contributed by atoms with Crippen molar-refractivity contribution in [3.63, 3.8) is 0 Å². The molecular weight excluding hydrogens is 338 g/mol. The van der Waals surface area contributed by atoms with Gasteiger partial charge in [-0.1, -0.05) is 48.0 Å². The van der Waals surface area contributed by atoms with Gasteiger partial charge in [0.25, 0.3) is 0 Å². The zero-order valence-electron chi connectivity index (χ0n) is 13.6. The van der Waals surface area contributed by atoms with Crippen LogP contribution in [0.5, 0.6) is 0 Å². The number of aliphatic carboxylic acids is 1. The van der Waals surface area contributed by atoms with Crippen molar-refractivity contribution in [1.29, 1.82) is 0 Å². The number of rotatable bonds is 3. The van der Waals surface area contributed by atoms with Gasteiger partial charge in [0.2, 0.25) is 5.91 Å². The lowest BCUT2D eigenvalue weighted by Crippen LogP contribution is -2.44. The van der Waals surface area contributed by atoms with E-state index >= 15 is 0 Å². The largest absolute Gasteiger partial charge is 0.479 e. The summed E-state index contributed by atoms with van der Waals surface area (Å²) < 4.78 is 0. The Morgan fingerprint density at radius 3 is 2.68 bits per heavy atom. The molecule has 4 rings (SSSR count). The van der Waals surface area contributed by atoms with Gasteiger partial charge in [-0.25, -0.2) is 4.79 Å². The molecule has 1 amide bonds. The maximum atomic E-state index is 13.0. The van der Waals surface area contributed by atoms with Crippen molar-refractivity contribution < 1.29 is 14.7 Å². The topological polar surface area (TPSA) is 57.6 Å². The van der Waals surface area contributed by atoms with Crippen molar-refractivity contribution in [3.8, 4) is 0 Å². The highest BCUT2D eigenvalue weighted by molar-refractivity contribution is 6.30. The van der Waals surface area contributed by atoms with Crippen LogP contribution in [0, 0.1) is 5.92 Å². The molecule has 1 N–H and O–H groups in total. The summed E-state index contributed by atoms with van der Waals surface area (Å²) in [5, 5.41) is 10.4. The molecule has 2 aromatic carbocycles. The molecular formula is C20H18ClNO3. The predicted molar refractivity (Wildman–Crippen MR) is 94.5 cm³/mol. The molecule has 0 saturated heterocycles. The van der Waals surface area contributed by atoms with E-state index < -0.39 is 12.0 Å². The molecule has 1 heterocycles. The molecule has 1 aliphatic carbocycles. The number of halogens is 1. The Morgan fingerprint density at radius 1 is 1.12 bits per heavy atom. The molecule has 3 atom stereocenters. The van der Waals surface area contributed by atoms with Crippen molar-refractivity contribution in [2.45, 2.75) is 24.8 Å². The lowest BCUT2D eigenvalue weighted by Gasteiger charge is -2.35. The van der Waals surface area contributed by atoms with Crippen molar-refractivity contribution in [1.82, 2.24) is 4.90 Å². The van der Waals surface area contributed by atoms with E-state index in [0.717, 1.165) is 23.1 Å². The van der Waals surface area contributed by atoms with E-state index in [9.17, 15) is 14.7 Å². The lowest BCUT2D eigenvalue weighted by molar-refractivity contribution is -0.151. The number of carbonyl (C=O) groups is 2. The van der Waals surface area contributed by atoms with E-state index in [2.05, 4.69) is 0 Å². The van der Waals surface area contributed by atoms with Gasteiger partial charge in [0.1, 0.15) is 0 Å². The van der Waals surface area contributed by atoms with Crippen LogP contribution >= 0.6 is 11.6 Å². The minimum Gasteiger partial charge on any atom is -0.479 e. The van der Waals surface area contributed by atoms with Crippen molar-refractivity contribution in [3.05, 3.63) is 70.2 Å². The van der Waals surface area contributed by atoms with Crippen LogP contribution in [0.25, 0.3) is 0 Å². The molecule has 0 radical (unpaired) electrons. The average Bonchev–Trinajstić information content (AvgIpc) is 3.40. The summed E-state index contributed by atoms with van der Waals surface area (Å²) in [4.78, 5) is 26.4. The van der Waals surface area contributed by atoms with Gasteiger partial charge in [-0.3, -0.25) is 4.79 Å². The minimum atomic E-state index is -0.972. The molecule has 0 spiro atoms. The first-order chi connectivity index (χ1) is 12.1. The standard InChI is InChI=1S/C20H18ClNO3/c21-14-6-3-5-13(10-14)16-11-17(16)19(23)22-9-8-12-4-1-2-7-15(12)18(22)20(24)25/h1-7,10,16-18H,8-9,11H2,(H,24,25). The van der Waals surface area contributed by atoms with Crippen LogP contribution in [-0.2, 0) is 16.0 Å². The molecule has 1 aliphatic heterocycles. The summed E-state index contributed by atoms with van der Waals surface area (Å²) in [7, 11) is 0.